The van der Waals surface area contributed by atoms with Crippen LogP contribution in [0.5, 0.6) is 0 Å². The Morgan fingerprint density at radius 3 is 2.29 bits per heavy atom. The van der Waals surface area contributed by atoms with Crippen LogP contribution in [0, 0.1) is 0 Å². The molecule has 0 bridgehead atoms. The number of carbonyl (C=O) groups is 1. The summed E-state index contributed by atoms with van der Waals surface area (Å²) in [6.45, 7) is 3.14. The lowest BCUT2D eigenvalue weighted by molar-refractivity contribution is 0.0730. The smallest absolute Gasteiger partial charge is 0.260 e. The van der Waals surface area contributed by atoms with Gasteiger partial charge < -0.3 is 14.5 Å². The van der Waals surface area contributed by atoms with E-state index in [-0.39, 0.29) is 10.8 Å². The molecule has 2 saturated heterocycles. The zero-order valence-corrected chi connectivity index (χ0v) is 18.7. The minimum Gasteiger partial charge on any atom is -0.379 e. The van der Waals surface area contributed by atoms with Crippen molar-refractivity contribution in [2.45, 2.75) is 24.2 Å². The average molecular weight is 444 g/mol. The highest BCUT2D eigenvalue weighted by atomic mass is 32.2. The Labute approximate surface area is 184 Å². The van der Waals surface area contributed by atoms with Crippen LogP contribution in [0.25, 0.3) is 0 Å². The van der Waals surface area contributed by atoms with Crippen LogP contribution in [-0.2, 0) is 14.8 Å². The van der Waals surface area contributed by atoms with Gasteiger partial charge in [0.2, 0.25) is 10.0 Å². The maximum atomic E-state index is 13.5. The Bertz CT molecular complexity index is 1010. The summed E-state index contributed by atoms with van der Waals surface area (Å²) in [7, 11) is -1.97. The lowest BCUT2D eigenvalue weighted by atomic mass is 10.1. The minimum absolute atomic E-state index is 0.153. The molecule has 2 aromatic carbocycles. The number of hydrogen-bond acceptors (Lipinski definition) is 5. The molecule has 0 saturated carbocycles. The number of benzene rings is 2. The number of amides is 1. The van der Waals surface area contributed by atoms with Crippen LogP contribution in [0.4, 0.5) is 11.4 Å². The molecule has 2 aliphatic rings. The fourth-order valence-electron chi connectivity index (χ4n) is 4.14. The number of carbonyl (C=O) groups excluding carboxylic acids is 1. The largest absolute Gasteiger partial charge is 0.379 e. The zero-order valence-electron chi connectivity index (χ0n) is 17.9. The van der Waals surface area contributed by atoms with E-state index in [4.69, 9.17) is 4.74 Å². The first kappa shape index (κ1) is 21.8. The Hall–Kier alpha value is -2.42. The van der Waals surface area contributed by atoms with Crippen LogP contribution in [0.3, 0.4) is 0 Å². The van der Waals surface area contributed by atoms with Gasteiger partial charge in [0.1, 0.15) is 0 Å². The fourth-order valence-corrected chi connectivity index (χ4v) is 5.58. The standard InChI is InChI=1S/C23H29N3O4S/c1-24(19-8-4-2-5-9-19)23(27)21-18-20(31(28,29)26-14-16-30-17-15-26)10-11-22(21)25-12-6-3-7-13-25/h2,4-5,8-11,18H,3,6-7,12-17H2,1H3. The van der Waals surface area contributed by atoms with Gasteiger partial charge in [0, 0.05) is 44.6 Å². The highest BCUT2D eigenvalue weighted by Crippen LogP contribution is 2.30. The molecular weight excluding hydrogens is 414 g/mol. The normalized spacial score (nSPS) is 18.0. The molecule has 2 aromatic rings. The molecule has 0 N–H and O–H groups in total. The molecule has 166 valence electrons. The molecule has 8 heteroatoms. The molecular formula is C23H29N3O4S. The number of piperidine rings is 1. The summed E-state index contributed by atoms with van der Waals surface area (Å²) in [4.78, 5) is 17.5. The van der Waals surface area contributed by atoms with Gasteiger partial charge in [0.25, 0.3) is 5.91 Å². The van der Waals surface area contributed by atoms with Crippen molar-refractivity contribution in [3.05, 3.63) is 54.1 Å². The van der Waals surface area contributed by atoms with Gasteiger partial charge in [-0.3, -0.25) is 4.79 Å². The van der Waals surface area contributed by atoms with Gasteiger partial charge in [-0.2, -0.15) is 4.31 Å². The van der Waals surface area contributed by atoms with Crippen molar-refractivity contribution in [2.24, 2.45) is 0 Å². The second-order valence-electron chi connectivity index (χ2n) is 7.94. The van der Waals surface area contributed by atoms with Crippen molar-refractivity contribution in [1.29, 1.82) is 0 Å². The van der Waals surface area contributed by atoms with Gasteiger partial charge >= 0.3 is 0 Å². The molecule has 1 amide bonds. The minimum atomic E-state index is -3.69. The van der Waals surface area contributed by atoms with E-state index >= 15 is 0 Å². The first-order chi connectivity index (χ1) is 15.0. The van der Waals surface area contributed by atoms with Gasteiger partial charge in [0.15, 0.2) is 0 Å². The molecule has 0 aromatic heterocycles. The molecule has 2 aliphatic heterocycles. The lowest BCUT2D eigenvalue weighted by Crippen LogP contribution is -2.40. The molecule has 2 heterocycles. The van der Waals surface area contributed by atoms with Gasteiger partial charge in [-0.15, -0.1) is 0 Å². The molecule has 0 unspecified atom stereocenters. The third-order valence-corrected chi connectivity index (χ3v) is 7.85. The third kappa shape index (κ3) is 4.61. The molecule has 0 atom stereocenters. The highest BCUT2D eigenvalue weighted by molar-refractivity contribution is 7.89. The van der Waals surface area contributed by atoms with Gasteiger partial charge in [-0.05, 0) is 49.6 Å². The molecule has 4 rings (SSSR count). The van der Waals surface area contributed by atoms with Crippen molar-refractivity contribution in [3.8, 4) is 0 Å². The molecule has 2 fully saturated rings. The highest BCUT2D eigenvalue weighted by Gasteiger charge is 2.29. The number of para-hydroxylation sites is 1. The summed E-state index contributed by atoms with van der Waals surface area (Å²) in [6.07, 6.45) is 3.30. The lowest BCUT2D eigenvalue weighted by Gasteiger charge is -2.32. The number of anilines is 2. The molecule has 7 nitrogen and oxygen atoms in total. The maximum Gasteiger partial charge on any atom is 0.260 e. The second kappa shape index (κ2) is 9.38. The zero-order chi connectivity index (χ0) is 21.8. The van der Waals surface area contributed by atoms with Crippen LogP contribution >= 0.6 is 0 Å². The number of rotatable bonds is 5. The van der Waals surface area contributed by atoms with E-state index in [0.29, 0.717) is 31.9 Å². The first-order valence-electron chi connectivity index (χ1n) is 10.8. The van der Waals surface area contributed by atoms with E-state index in [1.165, 1.54) is 10.7 Å². The number of ether oxygens (including phenoxy) is 1. The SMILES string of the molecule is CN(C(=O)c1cc(S(=O)(=O)N2CCOCC2)ccc1N1CCCCC1)c1ccccc1. The molecule has 0 aliphatic carbocycles. The van der Waals surface area contributed by atoms with E-state index in [0.717, 1.165) is 37.3 Å². The Morgan fingerprint density at radius 1 is 0.935 bits per heavy atom. The van der Waals surface area contributed by atoms with Crippen LogP contribution in [-0.4, -0.2) is 65.1 Å². The van der Waals surface area contributed by atoms with E-state index in [1.54, 1.807) is 30.1 Å². The van der Waals surface area contributed by atoms with Crippen molar-refractivity contribution in [3.63, 3.8) is 0 Å². The molecule has 0 radical (unpaired) electrons. The maximum absolute atomic E-state index is 13.5. The van der Waals surface area contributed by atoms with Gasteiger partial charge in [-0.25, -0.2) is 8.42 Å². The quantitative estimate of drug-likeness (QED) is 0.711. The summed E-state index contributed by atoms with van der Waals surface area (Å²) in [5.74, 6) is -0.217. The van der Waals surface area contributed by atoms with Crippen molar-refractivity contribution in [1.82, 2.24) is 4.31 Å². The summed E-state index contributed by atoms with van der Waals surface area (Å²) >= 11 is 0. The predicted octanol–water partition coefficient (Wildman–Crippen LogP) is 2.97. The fraction of sp³-hybridized carbons (Fsp3) is 0.435. The van der Waals surface area contributed by atoms with Crippen molar-refractivity contribution < 1.29 is 17.9 Å². The summed E-state index contributed by atoms with van der Waals surface area (Å²) in [5.41, 5.74) is 1.98. The Morgan fingerprint density at radius 2 is 1.61 bits per heavy atom. The van der Waals surface area contributed by atoms with Crippen LogP contribution in [0.2, 0.25) is 0 Å². The summed E-state index contributed by atoms with van der Waals surface area (Å²) in [5, 5.41) is 0. The van der Waals surface area contributed by atoms with Crippen molar-refractivity contribution >= 4 is 27.3 Å². The Balaban J connectivity index is 1.74. The Kier molecular flexibility index (Phi) is 6.60. The number of sulfonamides is 1. The molecule has 0 spiro atoms. The van der Waals surface area contributed by atoms with Crippen LogP contribution in [0.15, 0.2) is 53.4 Å². The first-order valence-corrected chi connectivity index (χ1v) is 12.2. The van der Waals surface area contributed by atoms with Gasteiger partial charge in [-0.1, -0.05) is 18.2 Å². The van der Waals surface area contributed by atoms with E-state index in [2.05, 4.69) is 4.90 Å². The summed E-state index contributed by atoms with van der Waals surface area (Å²) in [6, 6.07) is 14.4. The number of hydrogen-bond donors (Lipinski definition) is 0. The average Bonchev–Trinajstić information content (AvgIpc) is 2.84. The number of morpholine rings is 1. The monoisotopic (exact) mass is 443 g/mol. The topological polar surface area (TPSA) is 70.2 Å². The van der Waals surface area contributed by atoms with Gasteiger partial charge in [0.05, 0.1) is 23.7 Å². The number of nitrogens with zero attached hydrogens (tertiary/aromatic N) is 3. The van der Waals surface area contributed by atoms with Crippen LogP contribution < -0.4 is 9.80 Å². The van der Waals surface area contributed by atoms with E-state index in [1.807, 2.05) is 30.3 Å². The predicted molar refractivity (Wildman–Crippen MR) is 121 cm³/mol. The van der Waals surface area contributed by atoms with Crippen LogP contribution in [0.1, 0.15) is 29.6 Å². The van der Waals surface area contributed by atoms with Crippen molar-refractivity contribution in [2.75, 3.05) is 56.2 Å². The summed E-state index contributed by atoms with van der Waals surface area (Å²) < 4.78 is 33.2. The van der Waals surface area contributed by atoms with E-state index < -0.39 is 10.0 Å². The molecule has 31 heavy (non-hydrogen) atoms. The van der Waals surface area contributed by atoms with E-state index in [9.17, 15) is 13.2 Å². The second-order valence-corrected chi connectivity index (χ2v) is 9.88. The third-order valence-electron chi connectivity index (χ3n) is 5.95.